The Morgan fingerprint density at radius 3 is 1.75 bits per heavy atom. The summed E-state index contributed by atoms with van der Waals surface area (Å²) in [5, 5.41) is 11.5. The zero-order valence-corrected chi connectivity index (χ0v) is 13.1. The number of hydrogen-bond donors (Lipinski definition) is 1. The summed E-state index contributed by atoms with van der Waals surface area (Å²) < 4.78 is 0.206. The zero-order valence-electron chi connectivity index (χ0n) is 10.9. The smallest absolute Gasteiger partial charge is 0.138 e. The van der Waals surface area contributed by atoms with Gasteiger partial charge >= 0.3 is 0 Å². The van der Waals surface area contributed by atoms with Crippen LogP contribution < -0.4 is 0 Å². The fourth-order valence-corrected chi connectivity index (χ4v) is 3.53. The van der Waals surface area contributed by atoms with Crippen LogP contribution in [0.1, 0.15) is 11.1 Å². The third kappa shape index (κ3) is 2.23. The van der Waals surface area contributed by atoms with E-state index in [1.54, 1.807) is 0 Å². The van der Waals surface area contributed by atoms with Crippen LogP contribution in [0.5, 0.6) is 0 Å². The first-order valence-corrected chi connectivity index (χ1v) is 7.84. The van der Waals surface area contributed by atoms with Gasteiger partial charge in [0.15, 0.2) is 0 Å². The molecule has 1 nitrogen and oxygen atoms in total. The molecule has 0 saturated heterocycles. The maximum absolute atomic E-state index is 11.5. The molecule has 0 spiro atoms. The van der Waals surface area contributed by atoms with Crippen molar-refractivity contribution in [1.29, 1.82) is 0 Å². The molecule has 1 atom stereocenters. The minimum absolute atomic E-state index is 0.206. The Hall–Kier alpha value is -1.39. The van der Waals surface area contributed by atoms with Crippen LogP contribution in [-0.4, -0.2) is 9.03 Å². The molecule has 2 aromatic rings. The Kier molecular flexibility index (Phi) is 3.76. The minimum atomic E-state index is -1.07. The number of aliphatic hydroxyl groups is 1. The predicted octanol–water partition coefficient (Wildman–Crippen LogP) is 4.22. The maximum atomic E-state index is 11.5. The first-order chi connectivity index (χ1) is 9.73. The van der Waals surface area contributed by atoms with E-state index in [-0.39, 0.29) is 3.92 Å². The molecule has 1 aliphatic rings. The van der Waals surface area contributed by atoms with E-state index in [1.165, 1.54) is 0 Å². The van der Waals surface area contributed by atoms with Gasteiger partial charge in [-0.1, -0.05) is 101 Å². The molecule has 20 heavy (non-hydrogen) atoms. The van der Waals surface area contributed by atoms with Gasteiger partial charge in [-0.15, -0.1) is 0 Å². The normalized spacial score (nSPS) is 18.1. The molecule has 1 N–H and O–H groups in total. The number of allylic oxidation sites excluding steroid dienone is 3. The van der Waals surface area contributed by atoms with Gasteiger partial charge in [0, 0.05) is 0 Å². The van der Waals surface area contributed by atoms with Crippen LogP contribution in [0.2, 0.25) is 0 Å². The lowest BCUT2D eigenvalue weighted by molar-refractivity contribution is 0.120. The Balaban J connectivity index is 2.19. The molecule has 3 rings (SSSR count). The van der Waals surface area contributed by atoms with Crippen molar-refractivity contribution in [1.82, 2.24) is 0 Å². The molecule has 0 amide bonds. The van der Waals surface area contributed by atoms with Crippen molar-refractivity contribution in [2.75, 3.05) is 0 Å². The van der Waals surface area contributed by atoms with E-state index in [4.69, 9.17) is 0 Å². The van der Waals surface area contributed by atoms with Gasteiger partial charge in [-0.05, 0) is 16.7 Å². The summed E-state index contributed by atoms with van der Waals surface area (Å²) in [6.07, 6.45) is 6.15. The van der Waals surface area contributed by atoms with Gasteiger partial charge < -0.3 is 5.11 Å². The highest BCUT2D eigenvalue weighted by Gasteiger charge is 2.38. The molecule has 0 aromatic heterocycles. The van der Waals surface area contributed by atoms with E-state index >= 15 is 0 Å². The first-order valence-electron chi connectivity index (χ1n) is 6.59. The van der Waals surface area contributed by atoms with Gasteiger partial charge in [-0.25, -0.2) is 0 Å². The lowest BCUT2D eigenvalue weighted by atomic mass is 9.79. The van der Waals surface area contributed by atoms with Gasteiger partial charge in [-0.2, -0.15) is 0 Å². The molecule has 0 aliphatic heterocycles. The molecular formula is C18H15IO. The summed E-state index contributed by atoms with van der Waals surface area (Å²) in [4.78, 5) is 0. The fraction of sp³-hybridized carbons (Fsp3) is 0.111. The third-order valence-corrected chi connectivity index (χ3v) is 4.74. The Morgan fingerprint density at radius 2 is 1.35 bits per heavy atom. The fourth-order valence-electron chi connectivity index (χ4n) is 2.63. The molecule has 0 fully saturated rings. The van der Waals surface area contributed by atoms with E-state index in [2.05, 4.69) is 28.7 Å². The van der Waals surface area contributed by atoms with Gasteiger partial charge in [0.2, 0.25) is 0 Å². The van der Waals surface area contributed by atoms with Crippen molar-refractivity contribution in [3.63, 3.8) is 0 Å². The summed E-state index contributed by atoms with van der Waals surface area (Å²) in [5.41, 5.74) is 1.75. The number of benzene rings is 2. The maximum Gasteiger partial charge on any atom is 0.138 e. The molecule has 0 radical (unpaired) electrons. The molecule has 1 aliphatic carbocycles. The lowest BCUT2D eigenvalue weighted by Gasteiger charge is -2.32. The molecule has 2 heteroatoms. The standard InChI is InChI=1S/C18H15IO/c19-17-13-7-12-16(17)18(20,14-8-3-1-4-9-14)15-10-5-2-6-11-15/h1-13,17,20H. The largest absolute Gasteiger partial charge is 0.376 e. The van der Waals surface area contributed by atoms with Crippen LogP contribution >= 0.6 is 22.6 Å². The van der Waals surface area contributed by atoms with Crippen LogP contribution in [0, 0.1) is 0 Å². The lowest BCUT2D eigenvalue weighted by Crippen LogP contribution is -2.32. The van der Waals surface area contributed by atoms with E-state index in [0.29, 0.717) is 0 Å². The predicted molar refractivity (Wildman–Crippen MR) is 90.9 cm³/mol. The number of halogens is 1. The SMILES string of the molecule is OC(C1=CC=CC1I)(c1ccccc1)c1ccccc1. The summed E-state index contributed by atoms with van der Waals surface area (Å²) in [6.45, 7) is 0. The van der Waals surface area contributed by atoms with Gasteiger partial charge in [0.1, 0.15) is 5.60 Å². The Bertz CT molecular complexity index is 604. The highest BCUT2D eigenvalue weighted by molar-refractivity contribution is 14.1. The second kappa shape index (κ2) is 5.54. The van der Waals surface area contributed by atoms with E-state index in [0.717, 1.165) is 16.7 Å². The summed E-state index contributed by atoms with van der Waals surface area (Å²) in [6, 6.07) is 19.7. The summed E-state index contributed by atoms with van der Waals surface area (Å²) in [7, 11) is 0. The molecular weight excluding hydrogens is 359 g/mol. The van der Waals surface area contributed by atoms with E-state index in [1.807, 2.05) is 72.8 Å². The molecule has 0 bridgehead atoms. The Labute approximate surface area is 132 Å². The van der Waals surface area contributed by atoms with Crippen LogP contribution in [0.3, 0.4) is 0 Å². The molecule has 100 valence electrons. The monoisotopic (exact) mass is 374 g/mol. The van der Waals surface area contributed by atoms with Crippen LogP contribution in [0.15, 0.2) is 84.5 Å². The molecule has 2 aromatic carbocycles. The summed E-state index contributed by atoms with van der Waals surface area (Å²) in [5.74, 6) is 0. The second-order valence-corrected chi connectivity index (χ2v) is 6.19. The van der Waals surface area contributed by atoms with Crippen LogP contribution in [0.25, 0.3) is 0 Å². The third-order valence-electron chi connectivity index (χ3n) is 3.65. The van der Waals surface area contributed by atoms with E-state index in [9.17, 15) is 5.11 Å². The second-order valence-electron chi connectivity index (χ2n) is 4.85. The Morgan fingerprint density at radius 1 is 0.850 bits per heavy atom. The minimum Gasteiger partial charge on any atom is -0.376 e. The van der Waals surface area contributed by atoms with Crippen molar-refractivity contribution in [3.05, 3.63) is 95.6 Å². The van der Waals surface area contributed by atoms with Crippen molar-refractivity contribution in [3.8, 4) is 0 Å². The van der Waals surface area contributed by atoms with Gasteiger partial charge in [-0.3, -0.25) is 0 Å². The number of rotatable bonds is 3. The van der Waals surface area contributed by atoms with Gasteiger partial charge in [0.25, 0.3) is 0 Å². The average molecular weight is 374 g/mol. The highest BCUT2D eigenvalue weighted by atomic mass is 127. The van der Waals surface area contributed by atoms with E-state index < -0.39 is 5.60 Å². The molecule has 0 saturated carbocycles. The topological polar surface area (TPSA) is 20.2 Å². The van der Waals surface area contributed by atoms with Gasteiger partial charge in [0.05, 0.1) is 3.92 Å². The number of alkyl halides is 1. The van der Waals surface area contributed by atoms with Crippen molar-refractivity contribution < 1.29 is 5.11 Å². The van der Waals surface area contributed by atoms with Crippen molar-refractivity contribution in [2.24, 2.45) is 0 Å². The van der Waals surface area contributed by atoms with Crippen LogP contribution in [-0.2, 0) is 5.60 Å². The highest BCUT2D eigenvalue weighted by Crippen LogP contribution is 2.42. The number of hydrogen-bond acceptors (Lipinski definition) is 1. The molecule has 0 heterocycles. The first kappa shape index (κ1) is 13.6. The quantitative estimate of drug-likeness (QED) is 0.630. The summed E-state index contributed by atoms with van der Waals surface area (Å²) >= 11 is 2.36. The van der Waals surface area contributed by atoms with Crippen LogP contribution in [0.4, 0.5) is 0 Å². The average Bonchev–Trinajstić information content (AvgIpc) is 2.95. The van der Waals surface area contributed by atoms with Crippen molar-refractivity contribution >= 4 is 22.6 Å². The molecule has 1 unspecified atom stereocenters. The van der Waals surface area contributed by atoms with Crippen molar-refractivity contribution in [2.45, 2.75) is 9.53 Å². The zero-order chi connectivity index (χ0) is 14.0.